The van der Waals surface area contributed by atoms with Gasteiger partial charge in [-0.25, -0.2) is 0 Å². The molecule has 0 saturated heterocycles. The van der Waals surface area contributed by atoms with Gasteiger partial charge >= 0.3 is 5.97 Å². The van der Waals surface area contributed by atoms with Crippen molar-refractivity contribution < 1.29 is 14.7 Å². The van der Waals surface area contributed by atoms with Crippen LogP contribution >= 0.6 is 0 Å². The lowest BCUT2D eigenvalue weighted by atomic mass is 9.72. The highest BCUT2D eigenvalue weighted by Gasteiger charge is 2.27. The van der Waals surface area contributed by atoms with Crippen LogP contribution in [0.4, 0.5) is 0 Å². The molecular weight excluding hydrogens is 218 g/mol. The van der Waals surface area contributed by atoms with Gasteiger partial charge in [0.2, 0.25) is 5.91 Å². The molecule has 0 aromatic rings. The van der Waals surface area contributed by atoms with Gasteiger partial charge < -0.3 is 10.4 Å². The van der Waals surface area contributed by atoms with Crippen LogP contribution < -0.4 is 5.32 Å². The minimum Gasteiger partial charge on any atom is -0.481 e. The molecule has 1 fully saturated rings. The van der Waals surface area contributed by atoms with Crippen molar-refractivity contribution in [1.82, 2.24) is 5.32 Å². The highest BCUT2D eigenvalue weighted by atomic mass is 16.4. The maximum absolute atomic E-state index is 11.6. The lowest BCUT2D eigenvalue weighted by Crippen LogP contribution is -2.30. The maximum Gasteiger partial charge on any atom is 0.305 e. The molecule has 98 valence electrons. The molecule has 0 aromatic heterocycles. The fourth-order valence-electron chi connectivity index (χ4n) is 2.31. The van der Waals surface area contributed by atoms with Gasteiger partial charge in [0.25, 0.3) is 0 Å². The molecule has 0 bridgehead atoms. The van der Waals surface area contributed by atoms with E-state index in [2.05, 4.69) is 19.2 Å². The summed E-state index contributed by atoms with van der Waals surface area (Å²) < 4.78 is 0. The highest BCUT2D eigenvalue weighted by Crippen LogP contribution is 2.38. The molecule has 4 heteroatoms. The van der Waals surface area contributed by atoms with E-state index in [1.54, 1.807) is 0 Å². The molecule has 1 rings (SSSR count). The van der Waals surface area contributed by atoms with Crippen LogP contribution in [0.1, 0.15) is 52.4 Å². The summed E-state index contributed by atoms with van der Waals surface area (Å²) in [6, 6.07) is 0. The van der Waals surface area contributed by atoms with Crippen molar-refractivity contribution in [2.45, 2.75) is 52.4 Å². The summed E-state index contributed by atoms with van der Waals surface area (Å²) in [5, 5.41) is 11.1. The van der Waals surface area contributed by atoms with E-state index in [1.165, 1.54) is 12.8 Å². The van der Waals surface area contributed by atoms with Crippen LogP contribution in [0.5, 0.6) is 0 Å². The average molecular weight is 241 g/mol. The largest absolute Gasteiger partial charge is 0.481 e. The number of amides is 1. The lowest BCUT2D eigenvalue weighted by Gasteiger charge is -2.34. The number of hydrogen-bond donors (Lipinski definition) is 2. The minimum absolute atomic E-state index is 0.00341. The van der Waals surface area contributed by atoms with E-state index < -0.39 is 5.97 Å². The maximum atomic E-state index is 11.6. The average Bonchev–Trinajstić information content (AvgIpc) is 2.21. The Hall–Kier alpha value is -1.06. The Kier molecular flexibility index (Phi) is 4.97. The molecule has 1 aliphatic rings. The van der Waals surface area contributed by atoms with E-state index in [4.69, 9.17) is 5.11 Å². The van der Waals surface area contributed by atoms with E-state index in [-0.39, 0.29) is 18.9 Å². The fraction of sp³-hybridized carbons (Fsp3) is 0.846. The summed E-state index contributed by atoms with van der Waals surface area (Å²) in [5.41, 5.74) is 0.427. The van der Waals surface area contributed by atoms with Gasteiger partial charge in [-0.3, -0.25) is 9.59 Å². The number of carboxylic acids is 1. The van der Waals surface area contributed by atoms with Crippen molar-refractivity contribution >= 4 is 11.9 Å². The van der Waals surface area contributed by atoms with Crippen molar-refractivity contribution in [2.24, 2.45) is 11.3 Å². The van der Waals surface area contributed by atoms with Gasteiger partial charge in [-0.15, -0.1) is 0 Å². The van der Waals surface area contributed by atoms with E-state index in [0.29, 0.717) is 17.8 Å². The third-order valence-corrected chi connectivity index (χ3v) is 3.59. The van der Waals surface area contributed by atoms with Gasteiger partial charge in [-0.1, -0.05) is 13.8 Å². The number of aliphatic carboxylic acids is 1. The molecule has 1 aliphatic carbocycles. The number of nitrogens with one attached hydrogen (secondary N) is 1. The number of carboxylic acid groups (broad SMARTS) is 1. The summed E-state index contributed by atoms with van der Waals surface area (Å²) in [7, 11) is 0. The third-order valence-electron chi connectivity index (χ3n) is 3.59. The van der Waals surface area contributed by atoms with Gasteiger partial charge in [-0.05, 0) is 37.0 Å². The first-order valence-electron chi connectivity index (χ1n) is 6.37. The molecule has 1 saturated carbocycles. The van der Waals surface area contributed by atoms with Crippen molar-refractivity contribution in [3.63, 3.8) is 0 Å². The second-order valence-electron chi connectivity index (χ2n) is 5.81. The topological polar surface area (TPSA) is 66.4 Å². The first kappa shape index (κ1) is 14.0. The zero-order chi connectivity index (χ0) is 12.9. The normalized spacial score (nSPS) is 19.9. The zero-order valence-corrected chi connectivity index (χ0v) is 10.8. The molecule has 2 N–H and O–H groups in total. The van der Waals surface area contributed by atoms with E-state index in [1.807, 2.05) is 0 Å². The number of hydrogen-bond acceptors (Lipinski definition) is 2. The fourth-order valence-corrected chi connectivity index (χ4v) is 2.31. The van der Waals surface area contributed by atoms with Crippen LogP contribution in [0.15, 0.2) is 0 Å². The van der Waals surface area contributed by atoms with Crippen molar-refractivity contribution in [1.29, 1.82) is 0 Å². The third kappa shape index (κ3) is 5.71. The number of carbonyl (C=O) groups excluding carboxylic acids is 1. The first-order chi connectivity index (χ1) is 7.89. The van der Waals surface area contributed by atoms with Crippen molar-refractivity contribution in [3.05, 3.63) is 0 Å². The van der Waals surface area contributed by atoms with Gasteiger partial charge in [0.05, 0.1) is 6.42 Å². The second-order valence-corrected chi connectivity index (χ2v) is 5.81. The summed E-state index contributed by atoms with van der Waals surface area (Å²) in [6.07, 6.45) is 5.14. The monoisotopic (exact) mass is 241 g/mol. The number of rotatable bonds is 5. The standard InChI is InChI=1S/C13H23NO3/c1-13(2)6-3-10(4-7-13)9-11(15)14-8-5-12(16)17/h10H,3-9H2,1-2H3,(H,14,15)(H,16,17). The molecule has 0 heterocycles. The van der Waals surface area contributed by atoms with Gasteiger partial charge in [0, 0.05) is 13.0 Å². The molecule has 1 amide bonds. The van der Waals surface area contributed by atoms with Gasteiger partial charge in [-0.2, -0.15) is 0 Å². The van der Waals surface area contributed by atoms with E-state index in [9.17, 15) is 9.59 Å². The Labute approximate surface area is 103 Å². The van der Waals surface area contributed by atoms with E-state index in [0.717, 1.165) is 12.8 Å². The quantitative estimate of drug-likeness (QED) is 0.775. The van der Waals surface area contributed by atoms with Crippen LogP contribution in [0.2, 0.25) is 0 Å². The van der Waals surface area contributed by atoms with Crippen LogP contribution in [-0.4, -0.2) is 23.5 Å². The highest BCUT2D eigenvalue weighted by molar-refractivity contribution is 5.77. The van der Waals surface area contributed by atoms with Crippen molar-refractivity contribution in [3.8, 4) is 0 Å². The molecular formula is C13H23NO3. The molecule has 17 heavy (non-hydrogen) atoms. The molecule has 0 aromatic carbocycles. The van der Waals surface area contributed by atoms with Gasteiger partial charge in [0.1, 0.15) is 0 Å². The van der Waals surface area contributed by atoms with Crippen molar-refractivity contribution in [2.75, 3.05) is 6.54 Å². The summed E-state index contributed by atoms with van der Waals surface area (Å²) in [5.74, 6) is -0.395. The lowest BCUT2D eigenvalue weighted by molar-refractivity contribution is -0.136. The Morgan fingerprint density at radius 3 is 2.41 bits per heavy atom. The predicted octanol–water partition coefficient (Wildman–Crippen LogP) is 2.18. The Bertz CT molecular complexity index is 276. The second kappa shape index (κ2) is 6.03. The Morgan fingerprint density at radius 1 is 1.29 bits per heavy atom. The van der Waals surface area contributed by atoms with Crippen LogP contribution in [-0.2, 0) is 9.59 Å². The molecule has 4 nitrogen and oxygen atoms in total. The molecule has 0 unspecified atom stereocenters. The SMILES string of the molecule is CC1(C)CCC(CC(=O)NCCC(=O)O)CC1. The molecule has 0 atom stereocenters. The molecule has 0 spiro atoms. The van der Waals surface area contributed by atoms with Crippen LogP contribution in [0.25, 0.3) is 0 Å². The van der Waals surface area contributed by atoms with Gasteiger partial charge in [0.15, 0.2) is 0 Å². The van der Waals surface area contributed by atoms with E-state index >= 15 is 0 Å². The van der Waals surface area contributed by atoms with Crippen LogP contribution in [0.3, 0.4) is 0 Å². The smallest absolute Gasteiger partial charge is 0.305 e. The van der Waals surface area contributed by atoms with Crippen LogP contribution in [0, 0.1) is 11.3 Å². The zero-order valence-electron chi connectivity index (χ0n) is 10.8. The first-order valence-corrected chi connectivity index (χ1v) is 6.37. The summed E-state index contributed by atoms with van der Waals surface area (Å²) in [4.78, 5) is 21.8. The minimum atomic E-state index is -0.871. The number of carbonyl (C=O) groups is 2. The summed E-state index contributed by atoms with van der Waals surface area (Å²) in [6.45, 7) is 4.79. The summed E-state index contributed by atoms with van der Waals surface area (Å²) >= 11 is 0. The molecule has 0 aliphatic heterocycles. The molecule has 0 radical (unpaired) electrons. The Morgan fingerprint density at radius 2 is 1.88 bits per heavy atom. The predicted molar refractivity (Wildman–Crippen MR) is 65.6 cm³/mol. The Balaban J connectivity index is 2.17.